The van der Waals surface area contributed by atoms with Gasteiger partial charge in [0.25, 0.3) is 0 Å². The van der Waals surface area contributed by atoms with Crippen LogP contribution in [0.15, 0.2) is 17.4 Å². The molecule has 15 heavy (non-hydrogen) atoms. The zero-order valence-electron chi connectivity index (χ0n) is 9.01. The van der Waals surface area contributed by atoms with Crippen LogP contribution in [0, 0.1) is 11.5 Å². The summed E-state index contributed by atoms with van der Waals surface area (Å²) >= 11 is 1.45. The average Bonchev–Trinajstić information content (AvgIpc) is 2.60. The van der Waals surface area contributed by atoms with Crippen molar-refractivity contribution in [3.05, 3.63) is 18.0 Å². The number of hydrogen-bond donors (Lipinski definition) is 0. The summed E-state index contributed by atoms with van der Waals surface area (Å²) in [5.74, 6) is 0. The molecule has 0 saturated heterocycles. The van der Waals surface area contributed by atoms with Gasteiger partial charge in [-0.2, -0.15) is 10.4 Å². The average molecular weight is 223 g/mol. The molecule has 80 valence electrons. The second-order valence-corrected chi connectivity index (χ2v) is 3.85. The van der Waals surface area contributed by atoms with E-state index in [9.17, 15) is 0 Å². The highest BCUT2D eigenvalue weighted by Crippen LogP contribution is 2.08. The Hall–Kier alpha value is -1.48. The molecule has 0 atom stereocenters. The maximum atomic E-state index is 8.49. The molecule has 1 aromatic heterocycles. The SMILES string of the molecule is CSC(=NC#N)N(C)Cc1cnn(C)c1. The summed E-state index contributed by atoms with van der Waals surface area (Å²) in [7, 11) is 3.78. The lowest BCUT2D eigenvalue weighted by atomic mass is 10.3. The van der Waals surface area contributed by atoms with E-state index in [0.717, 1.165) is 5.56 Å². The van der Waals surface area contributed by atoms with Gasteiger partial charge >= 0.3 is 0 Å². The fraction of sp³-hybridized carbons (Fsp3) is 0.444. The Labute approximate surface area is 93.4 Å². The Morgan fingerprint density at radius 1 is 1.80 bits per heavy atom. The third-order valence-corrected chi connectivity index (χ3v) is 2.60. The Bertz CT molecular complexity index is 389. The molecule has 0 aliphatic rings. The lowest BCUT2D eigenvalue weighted by molar-refractivity contribution is 0.511. The fourth-order valence-corrected chi connectivity index (χ4v) is 1.73. The summed E-state index contributed by atoms with van der Waals surface area (Å²) in [5.41, 5.74) is 1.10. The fourth-order valence-electron chi connectivity index (χ4n) is 1.22. The van der Waals surface area contributed by atoms with Gasteiger partial charge in [0.05, 0.1) is 6.20 Å². The molecular weight excluding hydrogens is 210 g/mol. The van der Waals surface area contributed by atoms with Gasteiger partial charge < -0.3 is 4.90 Å². The number of hydrogen-bond acceptors (Lipinski definition) is 4. The molecular formula is C9H13N5S. The van der Waals surface area contributed by atoms with E-state index in [-0.39, 0.29) is 0 Å². The first-order valence-corrected chi connectivity index (χ1v) is 5.59. The van der Waals surface area contributed by atoms with E-state index in [4.69, 9.17) is 5.26 Å². The van der Waals surface area contributed by atoms with E-state index >= 15 is 0 Å². The molecule has 0 aliphatic carbocycles. The van der Waals surface area contributed by atoms with Crippen LogP contribution in [0.25, 0.3) is 0 Å². The lowest BCUT2D eigenvalue weighted by Crippen LogP contribution is -2.23. The molecule has 0 spiro atoms. The van der Waals surface area contributed by atoms with Crippen LogP contribution >= 0.6 is 11.8 Å². The molecule has 0 bridgehead atoms. The molecule has 0 aliphatic heterocycles. The number of nitrogens with zero attached hydrogens (tertiary/aromatic N) is 5. The van der Waals surface area contributed by atoms with E-state index in [1.54, 1.807) is 17.1 Å². The van der Waals surface area contributed by atoms with Crippen molar-refractivity contribution in [2.75, 3.05) is 13.3 Å². The highest BCUT2D eigenvalue weighted by Gasteiger charge is 2.06. The number of aliphatic imine (C=N–C) groups is 1. The van der Waals surface area contributed by atoms with Gasteiger partial charge in [0.2, 0.25) is 6.19 Å². The number of nitriles is 1. The number of aryl methyl sites for hydroxylation is 1. The van der Waals surface area contributed by atoms with Crippen molar-refractivity contribution in [3.8, 4) is 6.19 Å². The third-order valence-electron chi connectivity index (χ3n) is 1.83. The van der Waals surface area contributed by atoms with Crippen molar-refractivity contribution >= 4 is 16.9 Å². The van der Waals surface area contributed by atoms with E-state index in [1.165, 1.54) is 11.8 Å². The summed E-state index contributed by atoms with van der Waals surface area (Å²) in [4.78, 5) is 5.65. The molecule has 0 N–H and O–H groups in total. The molecule has 0 saturated carbocycles. The van der Waals surface area contributed by atoms with Crippen molar-refractivity contribution in [2.45, 2.75) is 6.54 Å². The normalized spacial score (nSPS) is 11.2. The van der Waals surface area contributed by atoms with Gasteiger partial charge in [0.15, 0.2) is 5.17 Å². The number of amidine groups is 1. The third kappa shape index (κ3) is 3.29. The first-order chi connectivity index (χ1) is 7.17. The zero-order valence-corrected chi connectivity index (χ0v) is 9.82. The second kappa shape index (κ2) is 5.41. The standard InChI is InChI=1S/C9H13N5S/c1-13(9(15-3)11-7-10)5-8-4-12-14(2)6-8/h4,6H,5H2,1-3H3. The van der Waals surface area contributed by atoms with Crippen molar-refractivity contribution in [2.24, 2.45) is 12.0 Å². The zero-order chi connectivity index (χ0) is 11.3. The van der Waals surface area contributed by atoms with Crippen LogP contribution in [0.2, 0.25) is 0 Å². The van der Waals surface area contributed by atoms with E-state index in [0.29, 0.717) is 11.7 Å². The second-order valence-electron chi connectivity index (χ2n) is 3.08. The minimum atomic E-state index is 0.704. The topological polar surface area (TPSA) is 57.2 Å². The monoisotopic (exact) mass is 223 g/mol. The first kappa shape index (κ1) is 11.6. The molecule has 1 aromatic rings. The van der Waals surface area contributed by atoms with Gasteiger partial charge in [-0.15, -0.1) is 4.99 Å². The minimum absolute atomic E-state index is 0.704. The predicted octanol–water partition coefficient (Wildman–Crippen LogP) is 1.05. The van der Waals surface area contributed by atoms with E-state index in [1.807, 2.05) is 31.4 Å². The van der Waals surface area contributed by atoms with Crippen LogP contribution in [0.5, 0.6) is 0 Å². The smallest absolute Gasteiger partial charge is 0.208 e. The van der Waals surface area contributed by atoms with Crippen molar-refractivity contribution in [3.63, 3.8) is 0 Å². The van der Waals surface area contributed by atoms with Crippen LogP contribution in [-0.4, -0.2) is 33.2 Å². The van der Waals surface area contributed by atoms with Crippen LogP contribution in [-0.2, 0) is 13.6 Å². The van der Waals surface area contributed by atoms with E-state index < -0.39 is 0 Å². The summed E-state index contributed by atoms with van der Waals surface area (Å²) < 4.78 is 1.75. The first-order valence-electron chi connectivity index (χ1n) is 4.36. The largest absolute Gasteiger partial charge is 0.349 e. The van der Waals surface area contributed by atoms with Crippen LogP contribution in [0.3, 0.4) is 0 Å². The predicted molar refractivity (Wildman–Crippen MR) is 61.2 cm³/mol. The minimum Gasteiger partial charge on any atom is -0.349 e. The quantitative estimate of drug-likeness (QED) is 0.427. The van der Waals surface area contributed by atoms with Crippen molar-refractivity contribution in [1.29, 1.82) is 5.26 Å². The molecule has 1 heterocycles. The van der Waals surface area contributed by atoms with E-state index in [2.05, 4.69) is 10.1 Å². The number of aromatic nitrogens is 2. The summed E-state index contributed by atoms with van der Waals surface area (Å²) in [6.45, 7) is 0.704. The molecule has 5 nitrogen and oxygen atoms in total. The maximum Gasteiger partial charge on any atom is 0.208 e. The number of rotatable bonds is 2. The Morgan fingerprint density at radius 3 is 3.00 bits per heavy atom. The van der Waals surface area contributed by atoms with Gasteiger partial charge in [0, 0.05) is 32.4 Å². The molecule has 0 aromatic carbocycles. The van der Waals surface area contributed by atoms with Crippen LogP contribution < -0.4 is 0 Å². The Balaban J connectivity index is 2.66. The molecule has 0 radical (unpaired) electrons. The Morgan fingerprint density at radius 2 is 2.53 bits per heavy atom. The summed E-state index contributed by atoms with van der Waals surface area (Å²) in [6.07, 6.45) is 7.45. The van der Waals surface area contributed by atoms with Gasteiger partial charge in [-0.25, -0.2) is 0 Å². The van der Waals surface area contributed by atoms with Crippen molar-refractivity contribution in [1.82, 2.24) is 14.7 Å². The molecule has 6 heteroatoms. The molecule has 0 amide bonds. The Kier molecular flexibility index (Phi) is 4.18. The maximum absolute atomic E-state index is 8.49. The van der Waals surface area contributed by atoms with Gasteiger partial charge in [-0.1, -0.05) is 11.8 Å². The molecule has 1 rings (SSSR count). The lowest BCUT2D eigenvalue weighted by Gasteiger charge is -2.17. The molecule has 0 unspecified atom stereocenters. The van der Waals surface area contributed by atoms with Crippen LogP contribution in [0.4, 0.5) is 0 Å². The molecule has 0 fully saturated rings. The van der Waals surface area contributed by atoms with Gasteiger partial charge in [-0.3, -0.25) is 4.68 Å². The van der Waals surface area contributed by atoms with Crippen molar-refractivity contribution < 1.29 is 0 Å². The summed E-state index contributed by atoms with van der Waals surface area (Å²) in [5, 5.41) is 13.3. The number of thioether (sulfide) groups is 1. The van der Waals surface area contributed by atoms with Gasteiger partial charge in [0.1, 0.15) is 0 Å². The highest BCUT2D eigenvalue weighted by atomic mass is 32.2. The summed E-state index contributed by atoms with van der Waals surface area (Å²) in [6, 6.07) is 0. The van der Waals surface area contributed by atoms with Gasteiger partial charge in [-0.05, 0) is 6.26 Å². The van der Waals surface area contributed by atoms with Crippen LogP contribution in [0.1, 0.15) is 5.56 Å². The highest BCUT2D eigenvalue weighted by molar-refractivity contribution is 8.13.